The molecule has 1 aliphatic heterocycles. The predicted octanol–water partition coefficient (Wildman–Crippen LogP) is 4.98. The van der Waals surface area contributed by atoms with Crippen molar-refractivity contribution in [2.24, 2.45) is 5.92 Å². The molecule has 6 heteroatoms. The van der Waals surface area contributed by atoms with Crippen LogP contribution in [-0.4, -0.2) is 25.4 Å². The highest BCUT2D eigenvalue weighted by Crippen LogP contribution is 2.65. The molecule has 0 aliphatic carbocycles. The maximum Gasteiger partial charge on any atom is 0.336 e. The Bertz CT molecular complexity index is 612. The topological polar surface area (TPSA) is 66.8 Å². The molecule has 148 valence electrons. The van der Waals surface area contributed by atoms with Gasteiger partial charge in [-0.05, 0) is 48.4 Å². The largest absolute Gasteiger partial charge is 0.420 e. The van der Waals surface area contributed by atoms with Gasteiger partial charge in [0.15, 0.2) is 9.04 Å². The minimum absolute atomic E-state index is 0.0870. The minimum Gasteiger partial charge on any atom is -0.420 e. The van der Waals surface area contributed by atoms with Gasteiger partial charge in [-0.15, -0.1) is 0 Å². The molecular weight excluding hydrogens is 363 g/mol. The van der Waals surface area contributed by atoms with Gasteiger partial charge in [0.1, 0.15) is 0 Å². The average molecular weight is 399 g/mol. The lowest BCUT2D eigenvalue weighted by Crippen LogP contribution is -2.38. The minimum atomic E-state index is -4.35. The first-order valence-electron chi connectivity index (χ1n) is 10.1. The van der Waals surface area contributed by atoms with Gasteiger partial charge in [0, 0.05) is 6.61 Å². The lowest BCUT2D eigenvalue weighted by atomic mass is 9.80. The van der Waals surface area contributed by atoms with E-state index < -0.39 is 21.8 Å². The molecule has 0 radical (unpaired) electrons. The third kappa shape index (κ3) is 4.69. The summed E-state index contributed by atoms with van der Waals surface area (Å²) in [6.45, 7) is 7.01. The molecule has 1 aromatic carbocycles. The van der Waals surface area contributed by atoms with Crippen LogP contribution in [0, 0.1) is 5.92 Å². The van der Waals surface area contributed by atoms with Gasteiger partial charge in [-0.1, -0.05) is 64.3 Å². The molecule has 1 saturated heterocycles. The van der Waals surface area contributed by atoms with E-state index in [0.29, 0.717) is 6.42 Å². The average Bonchev–Trinajstić information content (AvgIpc) is 2.60. The van der Waals surface area contributed by atoms with E-state index in [1.807, 2.05) is 38.1 Å². The molecular formula is C20H35O4PSi. The second kappa shape index (κ2) is 9.65. The van der Waals surface area contributed by atoms with E-state index >= 15 is 0 Å². The van der Waals surface area contributed by atoms with E-state index in [0.717, 1.165) is 55.5 Å². The third-order valence-corrected chi connectivity index (χ3v) is 10.8. The van der Waals surface area contributed by atoms with Gasteiger partial charge in [0.25, 0.3) is 0 Å². The highest BCUT2D eigenvalue weighted by atomic mass is 31.2. The highest BCUT2D eigenvalue weighted by Gasteiger charge is 2.52. The van der Waals surface area contributed by atoms with Crippen molar-refractivity contribution in [1.29, 1.82) is 0 Å². The van der Waals surface area contributed by atoms with E-state index in [1.165, 1.54) is 6.42 Å². The number of benzene rings is 1. The molecule has 2 N–H and O–H groups in total. The van der Waals surface area contributed by atoms with Gasteiger partial charge >= 0.3 is 7.60 Å². The molecule has 26 heavy (non-hydrogen) atoms. The zero-order chi connectivity index (χ0) is 19.2. The van der Waals surface area contributed by atoms with E-state index in [9.17, 15) is 14.4 Å². The van der Waals surface area contributed by atoms with Crippen molar-refractivity contribution in [3.8, 4) is 0 Å². The number of hydrogen-bond acceptors (Lipinski definition) is 2. The van der Waals surface area contributed by atoms with E-state index in [4.69, 9.17) is 4.43 Å². The van der Waals surface area contributed by atoms with Crippen molar-refractivity contribution in [2.45, 2.75) is 76.5 Å². The summed E-state index contributed by atoms with van der Waals surface area (Å²) in [6.07, 6.45) is 5.41. The van der Waals surface area contributed by atoms with E-state index in [1.54, 1.807) is 0 Å². The Hall–Kier alpha value is -0.453. The monoisotopic (exact) mass is 398 g/mol. The van der Waals surface area contributed by atoms with Gasteiger partial charge in [-0.3, -0.25) is 4.57 Å². The lowest BCUT2D eigenvalue weighted by Gasteiger charge is -2.42. The molecule has 1 heterocycles. The van der Waals surface area contributed by atoms with Crippen molar-refractivity contribution in [3.63, 3.8) is 0 Å². The summed E-state index contributed by atoms with van der Waals surface area (Å²) >= 11 is 0. The predicted molar refractivity (Wildman–Crippen MR) is 110 cm³/mol. The van der Waals surface area contributed by atoms with Crippen LogP contribution in [0.2, 0.25) is 12.1 Å². The van der Waals surface area contributed by atoms with Crippen molar-refractivity contribution in [1.82, 2.24) is 0 Å². The fourth-order valence-corrected chi connectivity index (χ4v) is 9.53. The smallest absolute Gasteiger partial charge is 0.336 e. The summed E-state index contributed by atoms with van der Waals surface area (Å²) in [4.78, 5) is 21.2. The van der Waals surface area contributed by atoms with Crippen molar-refractivity contribution in [2.75, 3.05) is 6.61 Å². The fourth-order valence-electron chi connectivity index (χ4n) is 4.63. The molecule has 4 nitrogen and oxygen atoms in total. The zero-order valence-electron chi connectivity index (χ0n) is 16.5. The normalized spacial score (nSPS) is 22.0. The van der Waals surface area contributed by atoms with Crippen LogP contribution in [-0.2, 0) is 20.6 Å². The second-order valence-corrected chi connectivity index (χ2v) is 12.3. The van der Waals surface area contributed by atoms with E-state index in [-0.39, 0.29) is 5.92 Å². The zero-order valence-corrected chi connectivity index (χ0v) is 18.5. The Kier molecular flexibility index (Phi) is 8.11. The quantitative estimate of drug-likeness (QED) is 0.455. The molecule has 1 aliphatic rings. The first kappa shape index (κ1) is 21.8. The molecule has 0 saturated carbocycles. The van der Waals surface area contributed by atoms with Gasteiger partial charge in [-0.25, -0.2) is 0 Å². The summed E-state index contributed by atoms with van der Waals surface area (Å²) in [6, 6.07) is 9.87. The Balaban J connectivity index is 2.49. The number of rotatable bonds is 9. The summed E-state index contributed by atoms with van der Waals surface area (Å²) in [5, 5.41) is -1.10. The molecule has 0 aromatic heterocycles. The summed E-state index contributed by atoms with van der Waals surface area (Å²) in [5.74, 6) is -0.0870. The van der Waals surface area contributed by atoms with Crippen LogP contribution < -0.4 is 0 Å². The standard InChI is InChI=1S/C20H35O4PSi/c1-4-10-18-11-6-7-12-19(18)20(13-5-2,25(21,22)23)17(3)16-26-15-9-8-14-24-26/h6-7,11-12,17,26H,4-5,8-10,13-16H2,1-3H3,(H2,21,22,23). The SMILES string of the molecule is CCCc1ccccc1C(CCC)(C(C)C[SiH]1CCCCO1)P(=O)(O)O. The molecule has 2 rings (SSSR count). The van der Waals surface area contributed by atoms with Gasteiger partial charge in [0.2, 0.25) is 0 Å². The van der Waals surface area contributed by atoms with Crippen LogP contribution >= 0.6 is 7.60 Å². The van der Waals surface area contributed by atoms with Crippen molar-refractivity contribution >= 4 is 16.6 Å². The molecule has 3 atom stereocenters. The Morgan fingerprint density at radius 3 is 2.54 bits per heavy atom. The highest BCUT2D eigenvalue weighted by molar-refractivity contribution is 7.53. The van der Waals surface area contributed by atoms with Crippen LogP contribution in [0.25, 0.3) is 0 Å². The fraction of sp³-hybridized carbons (Fsp3) is 0.700. The molecule has 0 spiro atoms. The van der Waals surface area contributed by atoms with Gasteiger partial charge < -0.3 is 14.2 Å². The first-order valence-corrected chi connectivity index (χ1v) is 13.8. The van der Waals surface area contributed by atoms with Crippen LogP contribution in [0.15, 0.2) is 24.3 Å². The maximum absolute atomic E-state index is 13.0. The van der Waals surface area contributed by atoms with Crippen LogP contribution in [0.3, 0.4) is 0 Å². The van der Waals surface area contributed by atoms with Crippen LogP contribution in [0.4, 0.5) is 0 Å². The third-order valence-electron chi connectivity index (χ3n) is 5.86. The van der Waals surface area contributed by atoms with Gasteiger partial charge in [0.05, 0.1) is 5.16 Å². The Morgan fingerprint density at radius 1 is 1.23 bits per heavy atom. The summed E-state index contributed by atoms with van der Waals surface area (Å²) in [5.41, 5.74) is 1.96. The van der Waals surface area contributed by atoms with Crippen molar-refractivity contribution < 1.29 is 18.8 Å². The van der Waals surface area contributed by atoms with Crippen LogP contribution in [0.1, 0.15) is 64.0 Å². The Morgan fingerprint density at radius 2 is 1.96 bits per heavy atom. The molecule has 1 aromatic rings. The van der Waals surface area contributed by atoms with E-state index in [2.05, 4.69) is 6.92 Å². The lowest BCUT2D eigenvalue weighted by molar-refractivity contribution is 0.253. The maximum atomic E-state index is 13.0. The summed E-state index contributed by atoms with van der Waals surface area (Å²) < 4.78 is 19.0. The molecule has 0 amide bonds. The Labute approximate surface area is 160 Å². The molecule has 0 bridgehead atoms. The van der Waals surface area contributed by atoms with Gasteiger partial charge in [-0.2, -0.15) is 0 Å². The first-order chi connectivity index (χ1) is 12.4. The summed E-state index contributed by atoms with van der Waals surface area (Å²) in [7, 11) is -5.73. The second-order valence-electron chi connectivity index (χ2n) is 7.75. The number of hydrogen-bond donors (Lipinski definition) is 2. The number of aryl methyl sites for hydroxylation is 1. The molecule has 1 fully saturated rings. The van der Waals surface area contributed by atoms with Crippen LogP contribution in [0.5, 0.6) is 0 Å². The molecule has 3 unspecified atom stereocenters. The van der Waals surface area contributed by atoms with Crippen molar-refractivity contribution in [3.05, 3.63) is 35.4 Å².